The molecule has 0 rings (SSSR count). The van der Waals surface area contributed by atoms with Crippen LogP contribution < -0.4 is 0 Å². The molecule has 0 aromatic rings. The highest BCUT2D eigenvalue weighted by Crippen LogP contribution is 2.20. The molecule has 0 radical (unpaired) electrons. The van der Waals surface area contributed by atoms with E-state index in [4.69, 9.17) is 5.11 Å². The molecule has 0 heterocycles. The van der Waals surface area contributed by atoms with E-state index < -0.39 is 11.9 Å². The van der Waals surface area contributed by atoms with Crippen LogP contribution in [0.15, 0.2) is 0 Å². The number of unbranched alkanes of at least 4 members (excludes halogenated alkanes) is 16. The molecule has 1 unspecified atom stereocenters. The molecule has 0 amide bonds. The van der Waals surface area contributed by atoms with E-state index in [1.54, 1.807) is 0 Å². The third kappa shape index (κ3) is 21.5. The van der Waals surface area contributed by atoms with Crippen molar-refractivity contribution >= 4 is 11.9 Å². The molecule has 0 bridgehead atoms. The molecule has 4 nitrogen and oxygen atoms in total. The largest absolute Gasteiger partial charge is 0.481 e. The van der Waals surface area contributed by atoms with E-state index in [0.717, 1.165) is 51.4 Å². The van der Waals surface area contributed by atoms with Crippen LogP contribution in [0.5, 0.6) is 0 Å². The maximum absolute atomic E-state index is 11.5. The third-order valence-corrected chi connectivity index (χ3v) is 5.95. The zero-order valence-electron chi connectivity index (χ0n) is 19.1. The zero-order valence-corrected chi connectivity index (χ0v) is 19.1. The van der Waals surface area contributed by atoms with Crippen LogP contribution in [0.25, 0.3) is 0 Å². The average molecular weight is 413 g/mol. The highest BCUT2D eigenvalue weighted by atomic mass is 16.4. The highest BCUT2D eigenvalue weighted by Gasteiger charge is 2.16. The van der Waals surface area contributed by atoms with E-state index in [1.165, 1.54) is 77.0 Å². The summed E-state index contributed by atoms with van der Waals surface area (Å²) in [7, 11) is 0. The number of aliphatic carboxylic acids is 2. The van der Waals surface area contributed by atoms with E-state index in [9.17, 15) is 14.7 Å². The summed E-state index contributed by atoms with van der Waals surface area (Å²) < 4.78 is 0. The Bertz CT molecular complexity index is 381. The molecule has 172 valence electrons. The number of hydrogen-bond donors (Lipinski definition) is 2. The minimum atomic E-state index is -0.698. The van der Waals surface area contributed by atoms with Crippen molar-refractivity contribution in [3.8, 4) is 0 Å². The van der Waals surface area contributed by atoms with Gasteiger partial charge in [-0.2, -0.15) is 0 Å². The van der Waals surface area contributed by atoms with Crippen LogP contribution in [-0.4, -0.2) is 22.2 Å². The molecule has 0 spiro atoms. The monoisotopic (exact) mass is 412 g/mol. The molecule has 0 aromatic heterocycles. The SMILES string of the molecule is CCCCCCCCCCCCC(CCCCCCCCCCC(=O)O)C(=O)O. The fourth-order valence-electron chi connectivity index (χ4n) is 4.00. The minimum absolute atomic E-state index is 0.153. The van der Waals surface area contributed by atoms with Crippen molar-refractivity contribution in [2.45, 2.75) is 142 Å². The number of carboxylic acid groups (broad SMARTS) is 2. The molecule has 1 atom stereocenters. The number of rotatable bonds is 23. The van der Waals surface area contributed by atoms with E-state index in [2.05, 4.69) is 6.92 Å². The van der Waals surface area contributed by atoms with Crippen molar-refractivity contribution in [3.63, 3.8) is 0 Å². The van der Waals surface area contributed by atoms with Gasteiger partial charge in [0.05, 0.1) is 5.92 Å². The average Bonchev–Trinajstić information content (AvgIpc) is 2.68. The number of hydrogen-bond acceptors (Lipinski definition) is 2. The molecule has 0 saturated heterocycles. The first kappa shape index (κ1) is 27.9. The predicted octanol–water partition coefficient (Wildman–Crippen LogP) is 7.98. The van der Waals surface area contributed by atoms with E-state index in [-0.39, 0.29) is 12.3 Å². The Labute approximate surface area is 179 Å². The molecule has 0 fully saturated rings. The van der Waals surface area contributed by atoms with Gasteiger partial charge in [-0.25, -0.2) is 0 Å². The second-order valence-corrected chi connectivity index (χ2v) is 8.77. The van der Waals surface area contributed by atoms with Crippen LogP contribution >= 0.6 is 0 Å². The molecule has 4 heteroatoms. The summed E-state index contributed by atoms with van der Waals surface area (Å²) in [4.78, 5) is 21.9. The van der Waals surface area contributed by atoms with Gasteiger partial charge in [0.25, 0.3) is 0 Å². The van der Waals surface area contributed by atoms with Gasteiger partial charge in [-0.15, -0.1) is 0 Å². The number of carbonyl (C=O) groups is 2. The summed E-state index contributed by atoms with van der Waals surface area (Å²) >= 11 is 0. The summed E-state index contributed by atoms with van der Waals surface area (Å²) in [6.45, 7) is 2.25. The molecular weight excluding hydrogens is 364 g/mol. The van der Waals surface area contributed by atoms with Crippen LogP contribution in [0.3, 0.4) is 0 Å². The lowest BCUT2D eigenvalue weighted by Gasteiger charge is -2.12. The molecule has 0 aliphatic heterocycles. The first-order valence-electron chi connectivity index (χ1n) is 12.5. The molecular formula is C25H48O4. The topological polar surface area (TPSA) is 74.6 Å². The van der Waals surface area contributed by atoms with Crippen LogP contribution in [0, 0.1) is 5.92 Å². The van der Waals surface area contributed by atoms with Gasteiger partial charge in [-0.3, -0.25) is 9.59 Å². The van der Waals surface area contributed by atoms with Crippen molar-refractivity contribution in [2.75, 3.05) is 0 Å². The maximum Gasteiger partial charge on any atom is 0.306 e. The molecule has 29 heavy (non-hydrogen) atoms. The quantitative estimate of drug-likeness (QED) is 0.167. The minimum Gasteiger partial charge on any atom is -0.481 e. The highest BCUT2D eigenvalue weighted by molar-refractivity contribution is 5.69. The van der Waals surface area contributed by atoms with Gasteiger partial charge in [0, 0.05) is 6.42 Å². The molecule has 0 saturated carbocycles. The number of carboxylic acids is 2. The van der Waals surface area contributed by atoms with Crippen LogP contribution in [-0.2, 0) is 9.59 Å². The normalized spacial score (nSPS) is 12.2. The van der Waals surface area contributed by atoms with Crippen molar-refractivity contribution < 1.29 is 19.8 Å². The molecule has 0 aliphatic rings. The molecule has 0 aromatic carbocycles. The van der Waals surface area contributed by atoms with Crippen molar-refractivity contribution in [1.29, 1.82) is 0 Å². The van der Waals surface area contributed by atoms with Crippen molar-refractivity contribution in [1.82, 2.24) is 0 Å². The van der Waals surface area contributed by atoms with E-state index in [0.29, 0.717) is 0 Å². The summed E-state index contributed by atoms with van der Waals surface area (Å²) in [5, 5.41) is 18.0. The van der Waals surface area contributed by atoms with Gasteiger partial charge in [0.15, 0.2) is 0 Å². The van der Waals surface area contributed by atoms with Crippen molar-refractivity contribution in [2.24, 2.45) is 5.92 Å². The molecule has 0 aliphatic carbocycles. The first-order chi connectivity index (χ1) is 14.1. The van der Waals surface area contributed by atoms with Crippen molar-refractivity contribution in [3.05, 3.63) is 0 Å². The summed E-state index contributed by atoms with van der Waals surface area (Å²) in [6.07, 6.45) is 23.5. The Balaban J connectivity index is 3.47. The Kier molecular flexibility index (Phi) is 20.9. The van der Waals surface area contributed by atoms with Gasteiger partial charge in [0.1, 0.15) is 0 Å². The van der Waals surface area contributed by atoms with E-state index in [1.807, 2.05) is 0 Å². The first-order valence-corrected chi connectivity index (χ1v) is 12.5. The standard InChI is InChI=1S/C25H48O4/c1-2-3-4-5-6-7-8-11-14-17-20-23(25(28)29)21-18-15-12-9-10-13-16-19-22-24(26)27/h23H,2-22H2,1H3,(H,26,27)(H,28,29). The maximum atomic E-state index is 11.5. The summed E-state index contributed by atoms with van der Waals surface area (Å²) in [5.41, 5.74) is 0. The van der Waals surface area contributed by atoms with Gasteiger partial charge in [-0.1, -0.05) is 116 Å². The third-order valence-electron chi connectivity index (χ3n) is 5.95. The lowest BCUT2D eigenvalue weighted by Crippen LogP contribution is -2.13. The molecule has 2 N–H and O–H groups in total. The lowest BCUT2D eigenvalue weighted by atomic mass is 9.94. The Morgan fingerprint density at radius 2 is 0.897 bits per heavy atom. The lowest BCUT2D eigenvalue weighted by molar-refractivity contribution is -0.142. The van der Waals surface area contributed by atoms with Gasteiger partial charge in [-0.05, 0) is 19.3 Å². The smallest absolute Gasteiger partial charge is 0.306 e. The Morgan fingerprint density at radius 3 is 1.24 bits per heavy atom. The second kappa shape index (κ2) is 21.6. The summed E-state index contributed by atoms with van der Waals surface area (Å²) in [5.74, 6) is -1.46. The van der Waals surface area contributed by atoms with Crippen LogP contribution in [0.4, 0.5) is 0 Å². The van der Waals surface area contributed by atoms with Gasteiger partial charge in [0.2, 0.25) is 0 Å². The second-order valence-electron chi connectivity index (χ2n) is 8.77. The van der Waals surface area contributed by atoms with Crippen LogP contribution in [0.2, 0.25) is 0 Å². The summed E-state index contributed by atoms with van der Waals surface area (Å²) in [6, 6.07) is 0. The van der Waals surface area contributed by atoms with Gasteiger partial charge < -0.3 is 10.2 Å². The fraction of sp³-hybridized carbons (Fsp3) is 0.920. The van der Waals surface area contributed by atoms with Gasteiger partial charge >= 0.3 is 11.9 Å². The van der Waals surface area contributed by atoms with E-state index >= 15 is 0 Å². The fourth-order valence-corrected chi connectivity index (χ4v) is 4.00. The Morgan fingerprint density at radius 1 is 0.552 bits per heavy atom. The van der Waals surface area contributed by atoms with Crippen LogP contribution in [0.1, 0.15) is 142 Å². The zero-order chi connectivity index (χ0) is 21.6. The Hall–Kier alpha value is -1.06. The predicted molar refractivity (Wildman–Crippen MR) is 121 cm³/mol.